The molecule has 1 saturated heterocycles. The number of nitrogens with two attached hydrogens (primary N) is 1. The first kappa shape index (κ1) is 19.6. The monoisotopic (exact) mass is 412 g/mol. The van der Waals surface area contributed by atoms with Gasteiger partial charge in [0, 0.05) is 30.2 Å². The number of rotatable bonds is 5. The second kappa shape index (κ2) is 7.61. The Morgan fingerprint density at radius 2 is 1.93 bits per heavy atom. The number of aromatic nitrogens is 2. The first-order chi connectivity index (χ1) is 13.9. The predicted octanol–water partition coefficient (Wildman–Crippen LogP) is 2.86. The molecule has 0 saturated carbocycles. The average molecular weight is 413 g/mol. The maximum Gasteiger partial charge on any atom is 0.269 e. The Kier molecular flexibility index (Phi) is 5.14. The highest BCUT2D eigenvalue weighted by molar-refractivity contribution is 7.89. The number of primary amides is 1. The Labute approximate surface area is 170 Å². The molecule has 0 spiro atoms. The van der Waals surface area contributed by atoms with Crippen molar-refractivity contribution in [2.75, 3.05) is 18.8 Å². The molecule has 0 aliphatic carbocycles. The molecule has 1 aromatic carbocycles. The number of hydrogen-bond acceptors (Lipinski definition) is 4. The van der Waals surface area contributed by atoms with Crippen LogP contribution in [0.4, 0.5) is 0 Å². The van der Waals surface area contributed by atoms with Crippen LogP contribution in [0.5, 0.6) is 0 Å². The summed E-state index contributed by atoms with van der Waals surface area (Å²) >= 11 is 0. The first-order valence-electron chi connectivity index (χ1n) is 9.75. The van der Waals surface area contributed by atoms with Gasteiger partial charge in [-0.1, -0.05) is 30.3 Å². The molecule has 1 amide bonds. The Hall–Kier alpha value is -2.71. The fourth-order valence-corrected chi connectivity index (χ4v) is 5.18. The summed E-state index contributed by atoms with van der Waals surface area (Å²) < 4.78 is 25.9. The summed E-state index contributed by atoms with van der Waals surface area (Å²) in [5.74, 6) is -0.248. The number of nitrogens with one attached hydrogen (secondary N) is 1. The second-order valence-corrected chi connectivity index (χ2v) is 9.58. The van der Waals surface area contributed by atoms with Crippen LogP contribution in [0.1, 0.15) is 41.7 Å². The highest BCUT2D eigenvalue weighted by Crippen LogP contribution is 2.36. The van der Waals surface area contributed by atoms with E-state index in [1.165, 1.54) is 0 Å². The van der Waals surface area contributed by atoms with Gasteiger partial charge in [0.15, 0.2) is 5.69 Å². The first-order valence-corrected chi connectivity index (χ1v) is 11.4. The van der Waals surface area contributed by atoms with E-state index in [1.807, 2.05) is 42.6 Å². The van der Waals surface area contributed by atoms with Crippen LogP contribution in [-0.2, 0) is 10.0 Å². The molecular formula is C21H24N4O3S. The van der Waals surface area contributed by atoms with E-state index in [1.54, 1.807) is 11.2 Å². The molecule has 4 rings (SSSR count). The molecule has 0 unspecified atom stereocenters. The van der Waals surface area contributed by atoms with Crippen molar-refractivity contribution in [3.63, 3.8) is 0 Å². The van der Waals surface area contributed by atoms with Crippen molar-refractivity contribution in [2.45, 2.75) is 25.7 Å². The molecule has 8 heteroatoms. The maximum absolute atomic E-state index is 12.1. The normalized spacial score (nSPS) is 16.3. The number of pyridine rings is 1. The number of hydrogen-bond donors (Lipinski definition) is 2. The van der Waals surface area contributed by atoms with E-state index in [4.69, 9.17) is 5.73 Å². The number of fused-ring (bicyclic) bond motifs is 1. The summed E-state index contributed by atoms with van der Waals surface area (Å²) in [5.41, 5.74) is 9.14. The third-order valence-corrected chi connectivity index (χ3v) is 7.54. The van der Waals surface area contributed by atoms with Gasteiger partial charge < -0.3 is 10.7 Å². The quantitative estimate of drug-likeness (QED) is 0.671. The zero-order valence-electron chi connectivity index (χ0n) is 16.3. The minimum Gasteiger partial charge on any atom is -0.364 e. The molecule has 3 heterocycles. The highest BCUT2D eigenvalue weighted by atomic mass is 32.2. The standard InChI is InChI=1S/C21H24N4O3S/c1-2-29(27,28)25-10-8-14(9-11-25)17-13-23-19-16(17)12-18(24-20(19)21(22)26)15-6-4-3-5-7-15/h3-7,12-14,23H,2,8-11H2,1H3,(H2,22,26). The zero-order valence-corrected chi connectivity index (χ0v) is 17.1. The van der Waals surface area contributed by atoms with Crippen LogP contribution in [0.3, 0.4) is 0 Å². The molecule has 152 valence electrons. The minimum atomic E-state index is -3.16. The molecule has 0 atom stereocenters. The lowest BCUT2D eigenvalue weighted by Crippen LogP contribution is -2.38. The fraction of sp³-hybridized carbons (Fsp3) is 0.333. The Balaban J connectivity index is 1.73. The topological polar surface area (TPSA) is 109 Å². The minimum absolute atomic E-state index is 0.124. The molecule has 7 nitrogen and oxygen atoms in total. The van der Waals surface area contributed by atoms with Crippen LogP contribution in [0.25, 0.3) is 22.2 Å². The third kappa shape index (κ3) is 3.65. The van der Waals surface area contributed by atoms with Gasteiger partial charge in [-0.25, -0.2) is 17.7 Å². The van der Waals surface area contributed by atoms with E-state index in [9.17, 15) is 13.2 Å². The molecular weight excluding hydrogens is 388 g/mol. The van der Waals surface area contributed by atoms with E-state index in [0.29, 0.717) is 24.3 Å². The van der Waals surface area contributed by atoms with Gasteiger partial charge in [0.05, 0.1) is 17.0 Å². The summed E-state index contributed by atoms with van der Waals surface area (Å²) in [5, 5.41) is 0.921. The average Bonchev–Trinajstić information content (AvgIpc) is 3.17. The van der Waals surface area contributed by atoms with Gasteiger partial charge >= 0.3 is 0 Å². The van der Waals surface area contributed by atoms with Crippen molar-refractivity contribution in [3.05, 3.63) is 53.9 Å². The second-order valence-electron chi connectivity index (χ2n) is 7.33. The van der Waals surface area contributed by atoms with Gasteiger partial charge in [-0.2, -0.15) is 0 Å². The van der Waals surface area contributed by atoms with Crippen molar-refractivity contribution in [3.8, 4) is 11.3 Å². The number of carbonyl (C=O) groups excluding carboxylic acids is 1. The molecule has 3 aromatic rings. The van der Waals surface area contributed by atoms with Crippen LogP contribution in [-0.4, -0.2) is 47.4 Å². The van der Waals surface area contributed by atoms with E-state index in [-0.39, 0.29) is 17.4 Å². The lowest BCUT2D eigenvalue weighted by molar-refractivity contribution is 0.0997. The van der Waals surface area contributed by atoms with Crippen molar-refractivity contribution < 1.29 is 13.2 Å². The summed E-state index contributed by atoms with van der Waals surface area (Å²) in [4.78, 5) is 19.7. The van der Waals surface area contributed by atoms with Crippen molar-refractivity contribution in [1.29, 1.82) is 0 Å². The van der Waals surface area contributed by atoms with Crippen LogP contribution in [0.15, 0.2) is 42.6 Å². The van der Waals surface area contributed by atoms with Crippen molar-refractivity contribution in [1.82, 2.24) is 14.3 Å². The number of piperidine rings is 1. The van der Waals surface area contributed by atoms with Crippen molar-refractivity contribution >= 4 is 26.8 Å². The van der Waals surface area contributed by atoms with E-state index in [2.05, 4.69) is 9.97 Å². The molecule has 3 N–H and O–H groups in total. The molecule has 1 aliphatic heterocycles. The number of carbonyl (C=O) groups is 1. The number of aromatic amines is 1. The molecule has 1 aliphatic rings. The van der Waals surface area contributed by atoms with Crippen LogP contribution >= 0.6 is 0 Å². The fourth-order valence-electron chi connectivity index (χ4n) is 4.05. The van der Waals surface area contributed by atoms with E-state index >= 15 is 0 Å². The van der Waals surface area contributed by atoms with Gasteiger partial charge in [-0.05, 0) is 37.3 Å². The summed E-state index contributed by atoms with van der Waals surface area (Å²) in [6, 6.07) is 11.6. The molecule has 1 fully saturated rings. The lowest BCUT2D eigenvalue weighted by Gasteiger charge is -2.30. The van der Waals surface area contributed by atoms with Crippen LogP contribution in [0, 0.1) is 0 Å². The summed E-state index contributed by atoms with van der Waals surface area (Å²) in [6.45, 7) is 2.68. The van der Waals surface area contributed by atoms with Gasteiger partial charge in [-0.15, -0.1) is 0 Å². The van der Waals surface area contributed by atoms with Crippen LogP contribution < -0.4 is 5.73 Å². The molecule has 2 aromatic heterocycles. The van der Waals surface area contributed by atoms with Gasteiger partial charge in [0.1, 0.15) is 0 Å². The van der Waals surface area contributed by atoms with Gasteiger partial charge in [0.25, 0.3) is 5.91 Å². The Morgan fingerprint density at radius 3 is 2.55 bits per heavy atom. The zero-order chi connectivity index (χ0) is 20.6. The molecule has 0 radical (unpaired) electrons. The number of H-pyrrole nitrogens is 1. The molecule has 29 heavy (non-hydrogen) atoms. The van der Waals surface area contributed by atoms with Gasteiger partial charge in [0.2, 0.25) is 10.0 Å². The highest BCUT2D eigenvalue weighted by Gasteiger charge is 2.29. The number of amides is 1. The lowest BCUT2D eigenvalue weighted by atomic mass is 9.89. The Bertz CT molecular complexity index is 1150. The van der Waals surface area contributed by atoms with Crippen LogP contribution in [0.2, 0.25) is 0 Å². The number of sulfonamides is 1. The van der Waals surface area contributed by atoms with E-state index in [0.717, 1.165) is 29.4 Å². The van der Waals surface area contributed by atoms with Gasteiger partial charge in [-0.3, -0.25) is 4.79 Å². The predicted molar refractivity (Wildman–Crippen MR) is 113 cm³/mol. The summed E-state index contributed by atoms with van der Waals surface area (Å²) in [7, 11) is -3.16. The largest absolute Gasteiger partial charge is 0.364 e. The summed E-state index contributed by atoms with van der Waals surface area (Å²) in [6.07, 6.45) is 3.38. The third-order valence-electron chi connectivity index (χ3n) is 5.66. The SMILES string of the molecule is CCS(=O)(=O)N1CCC(c2c[nH]c3c(C(N)=O)nc(-c4ccccc4)cc23)CC1. The number of benzene rings is 1. The smallest absolute Gasteiger partial charge is 0.269 e. The van der Waals surface area contributed by atoms with E-state index < -0.39 is 15.9 Å². The van der Waals surface area contributed by atoms with Crippen molar-refractivity contribution in [2.24, 2.45) is 5.73 Å². The maximum atomic E-state index is 12.1. The Morgan fingerprint density at radius 1 is 1.24 bits per heavy atom. The number of nitrogens with zero attached hydrogens (tertiary/aromatic N) is 2. The molecule has 0 bridgehead atoms.